The first-order chi connectivity index (χ1) is 36.7. The summed E-state index contributed by atoms with van der Waals surface area (Å²) in [6.07, 6.45) is 5.95. The molecular weight excluding hydrogens is 893 g/mol. The third-order valence-electron chi connectivity index (χ3n) is 15.3. The van der Waals surface area contributed by atoms with Crippen molar-refractivity contribution >= 4 is 94.5 Å². The van der Waals surface area contributed by atoms with Crippen molar-refractivity contribution in [2.24, 2.45) is 0 Å². The Hall–Kier alpha value is -9.50. The van der Waals surface area contributed by atoms with Crippen LogP contribution in [0.25, 0.3) is 99.4 Å². The lowest BCUT2D eigenvalue weighted by Gasteiger charge is -2.34. The van der Waals surface area contributed by atoms with Gasteiger partial charge in [0.1, 0.15) is 0 Å². The molecule has 14 rings (SSSR count). The molecule has 1 aliphatic carbocycles. The molecule has 13 aromatic rings. The van der Waals surface area contributed by atoms with E-state index in [-0.39, 0.29) is 6.04 Å². The highest BCUT2D eigenvalue weighted by Gasteiger charge is 2.26. The van der Waals surface area contributed by atoms with E-state index in [1.54, 1.807) is 0 Å². The fraction of sp³-hybridized carbons (Fsp3) is 0.0278. The Labute approximate surface area is 431 Å². The van der Waals surface area contributed by atoms with Crippen molar-refractivity contribution in [1.29, 1.82) is 0 Å². The summed E-state index contributed by atoms with van der Waals surface area (Å²) >= 11 is 0. The molecule has 0 N–H and O–H groups in total. The SMILES string of the molecule is C1=c2c(-c3ccc(-c4cccc5ccccc45)cc3)c3cc(N(c4ccccc4)c4cccc5ccccc45)ccc3c(-c3cccc4ccccc34)c2=CC(N(c2ccccc2)c2cccc3ccccc23)C1. The number of para-hydroxylation sites is 2. The van der Waals surface area contributed by atoms with E-state index in [4.69, 9.17) is 0 Å². The number of hydrogen-bond donors (Lipinski definition) is 0. The number of nitrogens with zero attached hydrogens (tertiary/aromatic N) is 2. The van der Waals surface area contributed by atoms with E-state index in [2.05, 4.69) is 295 Å². The molecule has 0 aliphatic heterocycles. The van der Waals surface area contributed by atoms with E-state index in [1.165, 1.54) is 103 Å². The predicted octanol–water partition coefficient (Wildman–Crippen LogP) is 18.1. The zero-order valence-electron chi connectivity index (χ0n) is 40.8. The van der Waals surface area contributed by atoms with Crippen molar-refractivity contribution < 1.29 is 0 Å². The standard InChI is InChI=1S/C72H50N2/c1-3-27-55(28-4-1)73(69-37-17-25-51-21-9-13-33-62(51)69)57-44-46-66-67(47-57)71(54-41-39-53(40-42-54)60-35-15-23-49-19-7-11-31-59(49)60)65-45-43-58(48-68(65)72(66)64-36-16-24-50-20-8-12-32-61(50)64)74(56-29-5-2-6-30-56)70-38-18-26-52-22-10-14-34-63(52)70/h1-42,44-48,58H,43H2. The van der Waals surface area contributed by atoms with E-state index in [9.17, 15) is 0 Å². The Bertz CT molecular complexity index is 4390. The monoisotopic (exact) mass is 942 g/mol. The molecule has 0 radical (unpaired) electrons. The highest BCUT2D eigenvalue weighted by molar-refractivity contribution is 6.12. The smallest absolute Gasteiger partial charge is 0.0566 e. The zero-order valence-corrected chi connectivity index (χ0v) is 40.8. The normalized spacial score (nSPS) is 13.2. The Morgan fingerprint density at radius 3 is 1.43 bits per heavy atom. The van der Waals surface area contributed by atoms with E-state index in [0.717, 1.165) is 29.2 Å². The van der Waals surface area contributed by atoms with Crippen molar-refractivity contribution in [3.05, 3.63) is 283 Å². The van der Waals surface area contributed by atoms with Crippen LogP contribution in [0.2, 0.25) is 0 Å². The Kier molecular flexibility index (Phi) is 10.7. The van der Waals surface area contributed by atoms with Crippen molar-refractivity contribution in [3.8, 4) is 33.4 Å². The van der Waals surface area contributed by atoms with Gasteiger partial charge < -0.3 is 9.80 Å². The quantitative estimate of drug-likeness (QED) is 0.142. The summed E-state index contributed by atoms with van der Waals surface area (Å²) in [4.78, 5) is 5.02. The summed E-state index contributed by atoms with van der Waals surface area (Å²) < 4.78 is 0. The predicted molar refractivity (Wildman–Crippen MR) is 317 cm³/mol. The van der Waals surface area contributed by atoms with Crippen LogP contribution in [-0.4, -0.2) is 6.04 Å². The fourth-order valence-electron chi connectivity index (χ4n) is 12.0. The van der Waals surface area contributed by atoms with Gasteiger partial charge in [0, 0.05) is 33.5 Å². The maximum Gasteiger partial charge on any atom is 0.0566 e. The van der Waals surface area contributed by atoms with E-state index in [1.807, 2.05) is 0 Å². The summed E-state index contributed by atoms with van der Waals surface area (Å²) in [5, 5.41) is 14.8. The van der Waals surface area contributed by atoms with Gasteiger partial charge in [0.2, 0.25) is 0 Å². The van der Waals surface area contributed by atoms with Crippen LogP contribution >= 0.6 is 0 Å². The number of hydrogen-bond acceptors (Lipinski definition) is 2. The molecule has 0 aromatic heterocycles. The van der Waals surface area contributed by atoms with Crippen LogP contribution in [0.4, 0.5) is 28.4 Å². The second-order valence-corrected chi connectivity index (χ2v) is 19.5. The average Bonchev–Trinajstić information content (AvgIpc) is 3.51. The van der Waals surface area contributed by atoms with Gasteiger partial charge in [-0.15, -0.1) is 0 Å². The van der Waals surface area contributed by atoms with Crippen LogP contribution in [0.1, 0.15) is 6.42 Å². The van der Waals surface area contributed by atoms with Gasteiger partial charge in [0.15, 0.2) is 0 Å². The fourth-order valence-corrected chi connectivity index (χ4v) is 12.0. The molecule has 348 valence electrons. The van der Waals surface area contributed by atoms with Crippen LogP contribution in [-0.2, 0) is 0 Å². The minimum absolute atomic E-state index is 0.00248. The van der Waals surface area contributed by atoms with Crippen LogP contribution in [0.3, 0.4) is 0 Å². The van der Waals surface area contributed by atoms with Crippen molar-refractivity contribution in [1.82, 2.24) is 0 Å². The van der Waals surface area contributed by atoms with Gasteiger partial charge in [-0.3, -0.25) is 0 Å². The molecule has 0 saturated carbocycles. The summed E-state index contributed by atoms with van der Waals surface area (Å²) in [5.41, 5.74) is 13.0. The first-order valence-corrected chi connectivity index (χ1v) is 25.8. The first-order valence-electron chi connectivity index (χ1n) is 25.8. The summed E-state index contributed by atoms with van der Waals surface area (Å²) in [5.74, 6) is 0. The van der Waals surface area contributed by atoms with Gasteiger partial charge in [-0.05, 0) is 142 Å². The van der Waals surface area contributed by atoms with Crippen molar-refractivity contribution in [2.75, 3.05) is 9.80 Å². The van der Waals surface area contributed by atoms with Gasteiger partial charge >= 0.3 is 0 Å². The van der Waals surface area contributed by atoms with Crippen LogP contribution in [0.5, 0.6) is 0 Å². The van der Waals surface area contributed by atoms with Gasteiger partial charge in [-0.25, -0.2) is 0 Å². The molecule has 74 heavy (non-hydrogen) atoms. The maximum absolute atomic E-state index is 2.59. The van der Waals surface area contributed by atoms with Crippen LogP contribution in [0, 0.1) is 0 Å². The number of anilines is 5. The Morgan fingerprint density at radius 1 is 0.297 bits per heavy atom. The maximum atomic E-state index is 2.59. The largest absolute Gasteiger partial charge is 0.334 e. The van der Waals surface area contributed by atoms with Gasteiger partial charge in [0.05, 0.1) is 11.7 Å². The average molecular weight is 943 g/mol. The molecule has 0 fully saturated rings. The van der Waals surface area contributed by atoms with Crippen LogP contribution < -0.4 is 20.2 Å². The molecule has 0 saturated heterocycles. The highest BCUT2D eigenvalue weighted by Crippen LogP contribution is 2.44. The summed E-state index contributed by atoms with van der Waals surface area (Å²) in [6, 6.07) is 100. The minimum atomic E-state index is 0.00248. The molecule has 0 spiro atoms. The molecule has 13 aromatic carbocycles. The molecule has 1 atom stereocenters. The number of rotatable bonds is 9. The first kappa shape index (κ1) is 43.3. The molecule has 0 heterocycles. The van der Waals surface area contributed by atoms with E-state index < -0.39 is 0 Å². The topological polar surface area (TPSA) is 6.48 Å². The van der Waals surface area contributed by atoms with Gasteiger partial charge in [-0.2, -0.15) is 0 Å². The van der Waals surface area contributed by atoms with Gasteiger partial charge in [-0.1, -0.05) is 237 Å². The van der Waals surface area contributed by atoms with Crippen LogP contribution in [0.15, 0.2) is 273 Å². The summed E-state index contributed by atoms with van der Waals surface area (Å²) in [6.45, 7) is 0. The molecular formula is C72H50N2. The number of benzene rings is 13. The second kappa shape index (κ2) is 18.3. The van der Waals surface area contributed by atoms with E-state index >= 15 is 0 Å². The molecule has 1 aliphatic rings. The summed E-state index contributed by atoms with van der Waals surface area (Å²) in [7, 11) is 0. The molecule has 2 nitrogen and oxygen atoms in total. The lowest BCUT2D eigenvalue weighted by Crippen LogP contribution is -2.40. The second-order valence-electron chi connectivity index (χ2n) is 19.5. The molecule has 0 bridgehead atoms. The van der Waals surface area contributed by atoms with Gasteiger partial charge in [0.25, 0.3) is 0 Å². The third kappa shape index (κ3) is 7.42. The Balaban J connectivity index is 1.08. The lowest BCUT2D eigenvalue weighted by molar-refractivity contribution is 0.841. The Morgan fingerprint density at radius 2 is 0.784 bits per heavy atom. The lowest BCUT2D eigenvalue weighted by atomic mass is 9.83. The molecule has 2 heteroatoms. The minimum Gasteiger partial charge on any atom is -0.334 e. The van der Waals surface area contributed by atoms with Crippen molar-refractivity contribution in [2.45, 2.75) is 12.5 Å². The molecule has 0 amide bonds. The highest BCUT2D eigenvalue weighted by atomic mass is 15.2. The van der Waals surface area contributed by atoms with Crippen molar-refractivity contribution in [3.63, 3.8) is 0 Å². The molecule has 1 unspecified atom stereocenters. The zero-order chi connectivity index (χ0) is 49.0. The van der Waals surface area contributed by atoms with E-state index in [0.29, 0.717) is 0 Å². The number of fused-ring (bicyclic) bond motifs is 6. The third-order valence-corrected chi connectivity index (χ3v) is 15.3.